The molecule has 0 spiro atoms. The number of aliphatic hydroxyl groups is 8. The molecule has 3 aliphatic heterocycles. The quantitative estimate of drug-likeness (QED) is 0.107. The highest BCUT2D eigenvalue weighted by molar-refractivity contribution is 5.74. The number of hydrogen-bond acceptors (Lipinski definition) is 16. The molecule has 0 saturated carbocycles. The Kier molecular flexibility index (Phi) is 12.5. The van der Waals surface area contributed by atoms with Gasteiger partial charge < -0.3 is 80.5 Å². The third kappa shape index (κ3) is 8.14. The van der Waals surface area contributed by atoms with Crippen molar-refractivity contribution in [3.63, 3.8) is 0 Å². The van der Waals surface area contributed by atoms with Gasteiger partial charge in [0.15, 0.2) is 18.9 Å². The van der Waals surface area contributed by atoms with Gasteiger partial charge in [-0.15, -0.1) is 0 Å². The van der Waals surface area contributed by atoms with E-state index in [0.29, 0.717) is 0 Å². The maximum absolute atomic E-state index is 12.1. The van der Waals surface area contributed by atoms with Crippen molar-refractivity contribution in [2.24, 2.45) is 0 Å². The molecular weight excluding hydrogens is 586 g/mol. The van der Waals surface area contributed by atoms with Crippen molar-refractivity contribution in [2.45, 2.75) is 113 Å². The molecule has 3 aliphatic rings. The van der Waals surface area contributed by atoms with E-state index in [0.717, 1.165) is 20.8 Å². The number of nitrogens with one attached hydrogen (secondary N) is 3. The summed E-state index contributed by atoms with van der Waals surface area (Å²) in [6.45, 7) is 0.995. The SMILES string of the molecule is CC(=O)N[C@@H]1[C@H](O[C@H]2[C@@H](O)[C@@H](NC(C)=O)[C@H](O[C@H]3[C@H](O)[C@H](NC(C)=O)[C@H](O)O[C@@H]3CO)O[C@H]2CO)O[C@H](CO)[C@@H](O)[C@@H]1O. The second-order valence-electron chi connectivity index (χ2n) is 10.5. The molecule has 248 valence electrons. The number of rotatable bonds is 10. The highest BCUT2D eigenvalue weighted by Crippen LogP contribution is 2.32. The lowest BCUT2D eigenvalue weighted by atomic mass is 9.93. The fraction of sp³-hybridized carbons (Fsp3) is 0.875. The third-order valence-electron chi connectivity index (χ3n) is 7.30. The molecule has 43 heavy (non-hydrogen) atoms. The summed E-state index contributed by atoms with van der Waals surface area (Å²) in [6.07, 6.45) is -19.0. The van der Waals surface area contributed by atoms with Crippen molar-refractivity contribution in [3.8, 4) is 0 Å². The Morgan fingerprint density at radius 3 is 1.37 bits per heavy atom. The summed E-state index contributed by atoms with van der Waals surface area (Å²) >= 11 is 0. The van der Waals surface area contributed by atoms with Crippen LogP contribution in [0.25, 0.3) is 0 Å². The van der Waals surface area contributed by atoms with Crippen molar-refractivity contribution < 1.29 is 78.9 Å². The van der Waals surface area contributed by atoms with Gasteiger partial charge in [0.05, 0.1) is 19.8 Å². The number of aliphatic hydroxyl groups excluding tert-OH is 8. The summed E-state index contributed by atoms with van der Waals surface area (Å²) < 4.78 is 28.3. The van der Waals surface area contributed by atoms with Crippen molar-refractivity contribution in [2.75, 3.05) is 19.8 Å². The zero-order chi connectivity index (χ0) is 32.2. The van der Waals surface area contributed by atoms with Crippen LogP contribution in [0, 0.1) is 0 Å². The van der Waals surface area contributed by atoms with Gasteiger partial charge in [-0.1, -0.05) is 0 Å². The van der Waals surface area contributed by atoms with E-state index < -0.39 is 129 Å². The predicted molar refractivity (Wildman–Crippen MR) is 136 cm³/mol. The number of amides is 3. The van der Waals surface area contributed by atoms with Crippen LogP contribution in [0.3, 0.4) is 0 Å². The predicted octanol–water partition coefficient (Wildman–Crippen LogP) is -7.14. The monoisotopic (exact) mass is 627 g/mol. The highest BCUT2D eigenvalue weighted by atomic mass is 16.7. The first-order chi connectivity index (χ1) is 20.2. The van der Waals surface area contributed by atoms with Crippen LogP contribution in [0.4, 0.5) is 0 Å². The zero-order valence-corrected chi connectivity index (χ0v) is 23.6. The Bertz CT molecular complexity index is 962. The lowest BCUT2D eigenvalue weighted by Crippen LogP contribution is -2.71. The minimum atomic E-state index is -1.77. The molecule has 3 saturated heterocycles. The van der Waals surface area contributed by atoms with E-state index in [4.69, 9.17) is 23.7 Å². The second-order valence-corrected chi connectivity index (χ2v) is 10.5. The molecule has 0 aromatic carbocycles. The Morgan fingerprint density at radius 2 is 0.930 bits per heavy atom. The van der Waals surface area contributed by atoms with Crippen LogP contribution in [0.1, 0.15) is 20.8 Å². The summed E-state index contributed by atoms with van der Waals surface area (Å²) in [4.78, 5) is 35.5. The fourth-order valence-corrected chi connectivity index (χ4v) is 5.28. The van der Waals surface area contributed by atoms with Gasteiger partial charge in [0.2, 0.25) is 17.7 Å². The third-order valence-corrected chi connectivity index (χ3v) is 7.30. The van der Waals surface area contributed by atoms with Gasteiger partial charge >= 0.3 is 0 Å². The summed E-state index contributed by atoms with van der Waals surface area (Å²) in [5.74, 6) is -1.96. The van der Waals surface area contributed by atoms with Crippen LogP contribution in [0.5, 0.6) is 0 Å². The van der Waals surface area contributed by atoms with Crippen LogP contribution in [-0.2, 0) is 38.1 Å². The molecule has 11 N–H and O–H groups in total. The number of carbonyl (C=O) groups excluding carboxylic acids is 3. The average molecular weight is 628 g/mol. The first-order valence-corrected chi connectivity index (χ1v) is 13.5. The van der Waals surface area contributed by atoms with Gasteiger partial charge in [0.25, 0.3) is 0 Å². The molecule has 3 rings (SSSR count). The molecule has 3 fully saturated rings. The Hall–Kier alpha value is -2.11. The van der Waals surface area contributed by atoms with Crippen molar-refractivity contribution in [1.82, 2.24) is 16.0 Å². The van der Waals surface area contributed by atoms with Gasteiger partial charge in [0.1, 0.15) is 73.1 Å². The largest absolute Gasteiger partial charge is 0.394 e. The van der Waals surface area contributed by atoms with Crippen molar-refractivity contribution >= 4 is 17.7 Å². The van der Waals surface area contributed by atoms with Gasteiger partial charge in [-0.25, -0.2) is 0 Å². The van der Waals surface area contributed by atoms with Gasteiger partial charge in [-0.3, -0.25) is 14.4 Å². The maximum atomic E-state index is 12.1. The minimum absolute atomic E-state index is 0.628. The molecule has 0 unspecified atom stereocenters. The molecule has 0 aromatic heterocycles. The molecule has 19 heteroatoms. The fourth-order valence-electron chi connectivity index (χ4n) is 5.28. The Morgan fingerprint density at radius 1 is 0.558 bits per heavy atom. The normalized spacial score (nSPS) is 43.5. The molecule has 0 aliphatic carbocycles. The first kappa shape index (κ1) is 35.4. The molecule has 0 bridgehead atoms. The van der Waals surface area contributed by atoms with Crippen LogP contribution >= 0.6 is 0 Å². The molecule has 3 heterocycles. The smallest absolute Gasteiger partial charge is 0.217 e. The standard InChI is InChI=1S/C24H41N3O16/c1-7(31)25-13-18(36)20(11(5-29)39-22(13)38)42-24-15(27-9(3)33)19(37)21(12(6-30)41-24)43-23-14(26-8(2)32)17(35)16(34)10(4-28)40-23/h10-24,28-30,34-38H,4-6H2,1-3H3,(H,25,31)(H,26,32)(H,27,33)/t10-,11-,12+,13+,14+,15-,16-,17-,18-,19+,20-,21-,22-,23+,24+/m1/s1. The van der Waals surface area contributed by atoms with E-state index in [9.17, 15) is 55.2 Å². The van der Waals surface area contributed by atoms with Crippen molar-refractivity contribution in [3.05, 3.63) is 0 Å². The minimum Gasteiger partial charge on any atom is -0.394 e. The number of carbonyl (C=O) groups is 3. The molecule has 3 amide bonds. The molecule has 15 atom stereocenters. The van der Waals surface area contributed by atoms with Crippen LogP contribution in [-0.4, -0.2) is 170 Å². The Labute approximate surface area is 245 Å². The van der Waals surface area contributed by atoms with Crippen LogP contribution in [0.15, 0.2) is 0 Å². The van der Waals surface area contributed by atoms with E-state index >= 15 is 0 Å². The zero-order valence-electron chi connectivity index (χ0n) is 23.6. The highest BCUT2D eigenvalue weighted by Gasteiger charge is 2.54. The van der Waals surface area contributed by atoms with E-state index in [2.05, 4.69) is 16.0 Å². The molecule has 0 aromatic rings. The number of hydrogen-bond donors (Lipinski definition) is 11. The maximum Gasteiger partial charge on any atom is 0.217 e. The van der Waals surface area contributed by atoms with Crippen LogP contribution in [0.2, 0.25) is 0 Å². The molecular formula is C24H41N3O16. The van der Waals surface area contributed by atoms with E-state index in [-0.39, 0.29) is 0 Å². The molecule has 19 nitrogen and oxygen atoms in total. The number of ether oxygens (including phenoxy) is 5. The summed E-state index contributed by atoms with van der Waals surface area (Å²) in [5.41, 5.74) is 0. The van der Waals surface area contributed by atoms with E-state index in [1.54, 1.807) is 0 Å². The molecule has 0 radical (unpaired) electrons. The lowest BCUT2D eigenvalue weighted by molar-refractivity contribution is -0.351. The van der Waals surface area contributed by atoms with E-state index in [1.165, 1.54) is 0 Å². The van der Waals surface area contributed by atoms with E-state index in [1.807, 2.05) is 0 Å². The van der Waals surface area contributed by atoms with Gasteiger partial charge in [-0.2, -0.15) is 0 Å². The lowest BCUT2D eigenvalue weighted by Gasteiger charge is -2.49. The second kappa shape index (κ2) is 15.3. The summed E-state index contributed by atoms with van der Waals surface area (Å²) in [7, 11) is 0. The summed E-state index contributed by atoms with van der Waals surface area (Å²) in [5, 5.41) is 90.0. The van der Waals surface area contributed by atoms with Crippen LogP contribution < -0.4 is 16.0 Å². The first-order valence-electron chi connectivity index (χ1n) is 13.5. The van der Waals surface area contributed by atoms with Gasteiger partial charge in [-0.05, 0) is 0 Å². The van der Waals surface area contributed by atoms with Gasteiger partial charge in [0, 0.05) is 20.8 Å². The Balaban J connectivity index is 1.89. The topological polar surface area (TPSA) is 295 Å². The van der Waals surface area contributed by atoms with Crippen molar-refractivity contribution in [1.29, 1.82) is 0 Å². The summed E-state index contributed by atoms with van der Waals surface area (Å²) in [6, 6.07) is -4.31. The average Bonchev–Trinajstić information content (AvgIpc) is 2.94.